The van der Waals surface area contributed by atoms with Gasteiger partial charge in [-0.2, -0.15) is 0 Å². The van der Waals surface area contributed by atoms with E-state index in [4.69, 9.17) is 9.47 Å². The van der Waals surface area contributed by atoms with Crippen LogP contribution in [0, 0.1) is 17.8 Å². The van der Waals surface area contributed by atoms with E-state index in [9.17, 15) is 9.59 Å². The first-order valence-electron chi connectivity index (χ1n) is 10.9. The third-order valence-electron chi connectivity index (χ3n) is 7.07. The van der Waals surface area contributed by atoms with Crippen molar-refractivity contribution in [2.45, 2.75) is 37.8 Å². The Morgan fingerprint density at radius 1 is 1.29 bits per heavy atom. The maximum atomic E-state index is 12.9. The third kappa shape index (κ3) is 3.62. The SMILES string of the molecule is COc1ccc2c(c1)O[C@]1(C[C@H]3CC[C@H]1C[C@@H]3C(=O)NCCc1ccncc1)NC2=O. The molecule has 6 rings (SSSR count). The van der Waals surface area contributed by atoms with Gasteiger partial charge in [-0.1, -0.05) is 0 Å². The van der Waals surface area contributed by atoms with Crippen molar-refractivity contribution >= 4 is 11.8 Å². The largest absolute Gasteiger partial charge is 0.497 e. The molecule has 2 N–H and O–H groups in total. The molecule has 0 saturated heterocycles. The van der Waals surface area contributed by atoms with Crippen LogP contribution in [0.5, 0.6) is 11.5 Å². The van der Waals surface area contributed by atoms with E-state index in [1.165, 1.54) is 0 Å². The molecule has 3 fully saturated rings. The number of pyridine rings is 1. The molecule has 0 unspecified atom stereocenters. The van der Waals surface area contributed by atoms with Crippen LogP contribution >= 0.6 is 0 Å². The normalized spacial score (nSPS) is 28.4. The zero-order chi connectivity index (χ0) is 21.4. The number of carbonyl (C=O) groups is 2. The molecular formula is C24H27N3O4. The number of nitrogens with one attached hydrogen (secondary N) is 2. The summed E-state index contributed by atoms with van der Waals surface area (Å²) < 4.78 is 11.7. The number of fused-ring (bicyclic) bond motifs is 3. The molecule has 3 saturated carbocycles. The molecule has 1 aromatic heterocycles. The molecule has 1 spiro atoms. The Morgan fingerprint density at radius 2 is 2.13 bits per heavy atom. The summed E-state index contributed by atoms with van der Waals surface area (Å²) in [6.07, 6.45) is 7.64. The minimum absolute atomic E-state index is 0.0333. The van der Waals surface area contributed by atoms with E-state index < -0.39 is 5.72 Å². The first-order valence-corrected chi connectivity index (χ1v) is 10.9. The molecule has 2 aromatic rings. The molecule has 0 radical (unpaired) electrons. The van der Waals surface area contributed by atoms with E-state index >= 15 is 0 Å². The Morgan fingerprint density at radius 3 is 2.87 bits per heavy atom. The summed E-state index contributed by atoms with van der Waals surface area (Å²) in [7, 11) is 1.60. The van der Waals surface area contributed by atoms with Crippen molar-refractivity contribution in [1.29, 1.82) is 0 Å². The Labute approximate surface area is 181 Å². The number of benzene rings is 1. The number of nitrogens with zero attached hydrogens (tertiary/aromatic N) is 1. The van der Waals surface area contributed by atoms with Gasteiger partial charge in [0.2, 0.25) is 5.91 Å². The van der Waals surface area contributed by atoms with E-state index in [1.807, 2.05) is 12.1 Å². The highest BCUT2D eigenvalue weighted by Crippen LogP contribution is 2.52. The second kappa shape index (κ2) is 7.87. The Hall–Kier alpha value is -3.09. The van der Waals surface area contributed by atoms with E-state index in [2.05, 4.69) is 15.6 Å². The number of aromatic nitrogens is 1. The van der Waals surface area contributed by atoms with Crippen LogP contribution in [-0.4, -0.2) is 36.2 Å². The average molecular weight is 421 g/mol. The molecular weight excluding hydrogens is 394 g/mol. The molecule has 2 amide bonds. The Bertz CT molecular complexity index is 996. The van der Waals surface area contributed by atoms with Gasteiger partial charge in [-0.05, 0) is 61.4 Å². The zero-order valence-corrected chi connectivity index (χ0v) is 17.6. The minimum atomic E-state index is -0.729. The van der Waals surface area contributed by atoms with Crippen LogP contribution in [0.1, 0.15) is 41.6 Å². The van der Waals surface area contributed by atoms with Crippen molar-refractivity contribution < 1.29 is 19.1 Å². The standard InChI is InChI=1S/C24H27N3O4/c1-30-18-4-5-19-21(13-18)31-24(27-23(19)29)14-16-2-3-17(24)12-20(16)22(28)26-11-8-15-6-9-25-10-7-15/h4-7,9-10,13,16-17,20H,2-3,8,11-12,14H2,1H3,(H,26,28)(H,27,29)/t16-,17+,20+,24+/m1/s1. The quantitative estimate of drug-likeness (QED) is 0.775. The van der Waals surface area contributed by atoms with Crippen molar-refractivity contribution in [1.82, 2.24) is 15.6 Å². The monoisotopic (exact) mass is 421 g/mol. The molecule has 2 heterocycles. The van der Waals surface area contributed by atoms with Crippen molar-refractivity contribution in [3.8, 4) is 11.5 Å². The lowest BCUT2D eigenvalue weighted by molar-refractivity contribution is -0.146. The Kier molecular flexibility index (Phi) is 5.04. The van der Waals surface area contributed by atoms with Crippen molar-refractivity contribution in [3.05, 3.63) is 53.9 Å². The number of rotatable bonds is 5. The second-order valence-electron chi connectivity index (χ2n) is 8.78. The van der Waals surface area contributed by atoms with Crippen molar-refractivity contribution in [3.63, 3.8) is 0 Å². The number of hydrogen-bond acceptors (Lipinski definition) is 5. The highest BCUT2D eigenvalue weighted by Gasteiger charge is 2.57. The molecule has 4 aliphatic rings. The van der Waals surface area contributed by atoms with Crippen LogP contribution in [0.25, 0.3) is 0 Å². The lowest BCUT2D eigenvalue weighted by atomic mass is 9.60. The zero-order valence-electron chi connectivity index (χ0n) is 17.6. The first kappa shape index (κ1) is 19.8. The second-order valence-corrected chi connectivity index (χ2v) is 8.78. The van der Waals surface area contributed by atoms with Crippen LogP contribution in [0.2, 0.25) is 0 Å². The lowest BCUT2D eigenvalue weighted by Crippen LogP contribution is -2.67. The summed E-state index contributed by atoms with van der Waals surface area (Å²) in [5.74, 6) is 1.49. The molecule has 7 heteroatoms. The molecule has 2 bridgehead atoms. The van der Waals surface area contributed by atoms with Crippen molar-refractivity contribution in [2.75, 3.05) is 13.7 Å². The highest BCUT2D eigenvalue weighted by atomic mass is 16.5. The van der Waals surface area contributed by atoms with Gasteiger partial charge < -0.3 is 20.1 Å². The van der Waals surface area contributed by atoms with Gasteiger partial charge >= 0.3 is 0 Å². The van der Waals surface area contributed by atoms with E-state index in [0.717, 1.165) is 31.2 Å². The van der Waals surface area contributed by atoms with Gasteiger partial charge in [0.15, 0.2) is 5.72 Å². The lowest BCUT2D eigenvalue weighted by Gasteiger charge is -2.55. The Balaban J connectivity index is 1.26. The number of ether oxygens (including phenoxy) is 2. The number of hydrogen-bond donors (Lipinski definition) is 2. The summed E-state index contributed by atoms with van der Waals surface area (Å²) in [6, 6.07) is 9.21. The first-order chi connectivity index (χ1) is 15.1. The summed E-state index contributed by atoms with van der Waals surface area (Å²) in [6.45, 7) is 0.613. The predicted molar refractivity (Wildman–Crippen MR) is 114 cm³/mol. The predicted octanol–water partition coefficient (Wildman–Crippen LogP) is 2.70. The fourth-order valence-corrected chi connectivity index (χ4v) is 5.45. The molecule has 1 aliphatic heterocycles. The molecule has 7 nitrogen and oxygen atoms in total. The molecule has 162 valence electrons. The van der Waals surface area contributed by atoms with E-state index in [0.29, 0.717) is 30.0 Å². The number of amides is 2. The number of methoxy groups -OCH3 is 1. The van der Waals surface area contributed by atoms with Crippen LogP contribution in [0.15, 0.2) is 42.7 Å². The van der Waals surface area contributed by atoms with Gasteiger partial charge in [0.1, 0.15) is 11.5 Å². The third-order valence-corrected chi connectivity index (χ3v) is 7.07. The topological polar surface area (TPSA) is 89.6 Å². The molecule has 4 atom stereocenters. The molecule has 1 aromatic carbocycles. The summed E-state index contributed by atoms with van der Waals surface area (Å²) in [5.41, 5.74) is 0.956. The summed E-state index contributed by atoms with van der Waals surface area (Å²) in [5, 5.41) is 6.25. The van der Waals surface area contributed by atoms with Crippen molar-refractivity contribution in [2.24, 2.45) is 17.8 Å². The van der Waals surface area contributed by atoms with Crippen LogP contribution < -0.4 is 20.1 Å². The summed E-state index contributed by atoms with van der Waals surface area (Å²) in [4.78, 5) is 29.8. The molecule has 3 aliphatic carbocycles. The van der Waals surface area contributed by atoms with Crippen LogP contribution in [0.4, 0.5) is 0 Å². The van der Waals surface area contributed by atoms with Gasteiger partial charge in [0.25, 0.3) is 5.91 Å². The van der Waals surface area contributed by atoms with Gasteiger partial charge in [0, 0.05) is 43.3 Å². The van der Waals surface area contributed by atoms with Gasteiger partial charge in [0.05, 0.1) is 12.7 Å². The highest BCUT2D eigenvalue weighted by molar-refractivity contribution is 5.98. The van der Waals surface area contributed by atoms with E-state index in [-0.39, 0.29) is 29.6 Å². The maximum absolute atomic E-state index is 12.9. The fraction of sp³-hybridized carbons (Fsp3) is 0.458. The molecule has 31 heavy (non-hydrogen) atoms. The van der Waals surface area contributed by atoms with E-state index in [1.54, 1.807) is 37.7 Å². The van der Waals surface area contributed by atoms with Crippen LogP contribution in [-0.2, 0) is 11.2 Å². The minimum Gasteiger partial charge on any atom is -0.497 e. The number of carbonyl (C=O) groups excluding carboxylic acids is 2. The fourth-order valence-electron chi connectivity index (χ4n) is 5.45. The average Bonchev–Trinajstić information content (AvgIpc) is 2.79. The van der Waals surface area contributed by atoms with Gasteiger partial charge in [-0.15, -0.1) is 0 Å². The van der Waals surface area contributed by atoms with Crippen LogP contribution in [0.3, 0.4) is 0 Å². The summed E-state index contributed by atoms with van der Waals surface area (Å²) >= 11 is 0. The smallest absolute Gasteiger partial charge is 0.258 e. The maximum Gasteiger partial charge on any atom is 0.258 e. The van der Waals surface area contributed by atoms with Gasteiger partial charge in [-0.25, -0.2) is 0 Å². The van der Waals surface area contributed by atoms with Gasteiger partial charge in [-0.3, -0.25) is 14.6 Å².